The number of rotatable bonds is 6. The minimum Gasteiger partial charge on any atom is -0.330 e. The number of nitrogens with zero attached hydrogens (tertiary/aromatic N) is 5. The van der Waals surface area contributed by atoms with Gasteiger partial charge in [-0.05, 0) is 24.3 Å². The zero-order valence-corrected chi connectivity index (χ0v) is 16.8. The molecule has 1 fully saturated rings. The van der Waals surface area contributed by atoms with Gasteiger partial charge in [-0.1, -0.05) is 12.1 Å². The average molecular weight is 408 g/mol. The first kappa shape index (κ1) is 20.0. The Kier molecular flexibility index (Phi) is 5.73. The lowest BCUT2D eigenvalue weighted by Crippen LogP contribution is -2.48. The summed E-state index contributed by atoms with van der Waals surface area (Å²) in [4.78, 5) is 31.8. The van der Waals surface area contributed by atoms with Crippen molar-refractivity contribution in [2.45, 2.75) is 6.54 Å². The second-order valence-electron chi connectivity index (χ2n) is 7.48. The molecule has 0 saturated carbocycles. The van der Waals surface area contributed by atoms with Crippen molar-refractivity contribution < 1.29 is 9.72 Å². The zero-order valence-electron chi connectivity index (χ0n) is 16.8. The molecule has 3 aromatic rings. The van der Waals surface area contributed by atoms with Crippen LogP contribution in [0.2, 0.25) is 0 Å². The number of hydrogen-bond donors (Lipinski definition) is 1. The van der Waals surface area contributed by atoms with Crippen LogP contribution in [0.25, 0.3) is 11.0 Å². The van der Waals surface area contributed by atoms with Crippen LogP contribution in [0.4, 0.5) is 11.4 Å². The molecule has 0 spiro atoms. The fourth-order valence-electron chi connectivity index (χ4n) is 3.71. The summed E-state index contributed by atoms with van der Waals surface area (Å²) >= 11 is 0. The summed E-state index contributed by atoms with van der Waals surface area (Å²) in [5.74, 6) is 0.924. The number of carbonyl (C=O) groups excluding carboxylic acids is 1. The van der Waals surface area contributed by atoms with Crippen LogP contribution < -0.4 is 5.32 Å². The quantitative estimate of drug-likeness (QED) is 0.496. The number of non-ortho nitro benzene ring substituents is 1. The maximum Gasteiger partial charge on any atom is 0.269 e. The number of anilines is 1. The van der Waals surface area contributed by atoms with Gasteiger partial charge in [-0.25, -0.2) is 4.98 Å². The summed E-state index contributed by atoms with van der Waals surface area (Å²) in [6.45, 7) is 4.43. The molecule has 0 unspecified atom stereocenters. The Hall–Kier alpha value is -3.30. The highest BCUT2D eigenvalue weighted by Gasteiger charge is 2.21. The van der Waals surface area contributed by atoms with E-state index in [-0.39, 0.29) is 11.6 Å². The van der Waals surface area contributed by atoms with E-state index < -0.39 is 4.92 Å². The SMILES string of the molecule is Cn1c(CN2CCN(CC(=O)Nc3ccc([N+](=O)[O-])cc3)CC2)nc2ccccc21. The van der Waals surface area contributed by atoms with Crippen LogP contribution in [0.5, 0.6) is 0 Å². The number of nitro benzene ring substituents is 1. The van der Waals surface area contributed by atoms with Crippen molar-refractivity contribution in [3.63, 3.8) is 0 Å². The molecule has 0 bridgehead atoms. The largest absolute Gasteiger partial charge is 0.330 e. The number of piperazine rings is 1. The predicted octanol–water partition coefficient (Wildman–Crippen LogP) is 2.24. The van der Waals surface area contributed by atoms with Crippen LogP contribution in [0.1, 0.15) is 5.82 Å². The molecule has 30 heavy (non-hydrogen) atoms. The van der Waals surface area contributed by atoms with Gasteiger partial charge in [-0.3, -0.25) is 24.7 Å². The molecule has 1 amide bonds. The number of amides is 1. The van der Waals surface area contributed by atoms with E-state index in [0.717, 1.165) is 49.6 Å². The van der Waals surface area contributed by atoms with Gasteiger partial charge in [-0.2, -0.15) is 0 Å². The maximum absolute atomic E-state index is 12.3. The Balaban J connectivity index is 1.26. The molecular weight excluding hydrogens is 384 g/mol. The lowest BCUT2D eigenvalue weighted by Gasteiger charge is -2.34. The van der Waals surface area contributed by atoms with Crippen molar-refractivity contribution >= 4 is 28.3 Å². The number of aryl methyl sites for hydroxylation is 1. The highest BCUT2D eigenvalue weighted by Crippen LogP contribution is 2.17. The highest BCUT2D eigenvalue weighted by atomic mass is 16.6. The van der Waals surface area contributed by atoms with Crippen molar-refractivity contribution in [3.05, 3.63) is 64.5 Å². The molecule has 0 atom stereocenters. The summed E-state index contributed by atoms with van der Waals surface area (Å²) in [6.07, 6.45) is 0. The number of carbonyl (C=O) groups is 1. The Morgan fingerprint density at radius 3 is 2.40 bits per heavy atom. The fourth-order valence-corrected chi connectivity index (χ4v) is 3.71. The summed E-state index contributed by atoms with van der Waals surface area (Å²) in [5, 5.41) is 13.5. The van der Waals surface area contributed by atoms with Gasteiger partial charge in [0.1, 0.15) is 5.82 Å². The van der Waals surface area contributed by atoms with Crippen molar-refractivity contribution in [3.8, 4) is 0 Å². The average Bonchev–Trinajstić information content (AvgIpc) is 3.05. The van der Waals surface area contributed by atoms with Gasteiger partial charge in [0.15, 0.2) is 0 Å². The van der Waals surface area contributed by atoms with Crippen molar-refractivity contribution in [2.24, 2.45) is 7.05 Å². The van der Waals surface area contributed by atoms with E-state index in [1.165, 1.54) is 12.1 Å². The minimum absolute atomic E-state index is 0.00438. The number of nitro groups is 1. The van der Waals surface area contributed by atoms with Crippen LogP contribution in [-0.2, 0) is 18.4 Å². The molecule has 1 aliphatic heterocycles. The smallest absolute Gasteiger partial charge is 0.269 e. The molecular formula is C21H24N6O3. The van der Waals surface area contributed by atoms with E-state index in [9.17, 15) is 14.9 Å². The third-order valence-electron chi connectivity index (χ3n) is 5.44. The molecule has 9 nitrogen and oxygen atoms in total. The van der Waals surface area contributed by atoms with Gasteiger partial charge in [0.2, 0.25) is 5.91 Å². The van der Waals surface area contributed by atoms with Gasteiger partial charge >= 0.3 is 0 Å². The number of hydrogen-bond acceptors (Lipinski definition) is 6. The molecule has 1 N–H and O–H groups in total. The molecule has 1 aromatic heterocycles. The third-order valence-corrected chi connectivity index (χ3v) is 5.44. The van der Waals surface area contributed by atoms with Gasteiger partial charge in [0, 0.05) is 51.0 Å². The summed E-state index contributed by atoms with van der Waals surface area (Å²) in [5.41, 5.74) is 2.71. The number of fused-ring (bicyclic) bond motifs is 1. The number of para-hydroxylation sites is 2. The zero-order chi connectivity index (χ0) is 21.1. The molecule has 1 aliphatic rings. The topological polar surface area (TPSA) is 96.5 Å². The van der Waals surface area contributed by atoms with Crippen LogP contribution >= 0.6 is 0 Å². The van der Waals surface area contributed by atoms with Gasteiger partial charge in [0.05, 0.1) is 29.0 Å². The standard InChI is InChI=1S/C21H24N6O3/c1-24-19-5-3-2-4-18(19)23-20(24)14-25-10-12-26(13-11-25)15-21(28)22-16-6-8-17(9-7-16)27(29)30/h2-9H,10-15H2,1H3,(H,22,28). The first-order chi connectivity index (χ1) is 14.5. The second kappa shape index (κ2) is 8.60. The molecule has 0 radical (unpaired) electrons. The molecule has 4 rings (SSSR count). The number of imidazole rings is 1. The van der Waals surface area contributed by atoms with Crippen molar-refractivity contribution in [1.29, 1.82) is 0 Å². The van der Waals surface area contributed by atoms with Crippen molar-refractivity contribution in [1.82, 2.24) is 19.4 Å². The Bertz CT molecular complexity index is 1050. The summed E-state index contributed by atoms with van der Waals surface area (Å²) in [7, 11) is 2.05. The van der Waals surface area contributed by atoms with E-state index in [0.29, 0.717) is 12.2 Å². The Morgan fingerprint density at radius 2 is 1.73 bits per heavy atom. The third kappa shape index (κ3) is 4.47. The van der Waals surface area contributed by atoms with Gasteiger partial charge in [-0.15, -0.1) is 0 Å². The Labute approximate surface area is 174 Å². The monoisotopic (exact) mass is 408 g/mol. The van der Waals surface area contributed by atoms with E-state index in [2.05, 4.69) is 25.8 Å². The number of aromatic nitrogens is 2. The predicted molar refractivity (Wildman–Crippen MR) is 114 cm³/mol. The molecule has 1 saturated heterocycles. The van der Waals surface area contributed by atoms with Crippen LogP contribution in [0.15, 0.2) is 48.5 Å². The second-order valence-corrected chi connectivity index (χ2v) is 7.48. The first-order valence-electron chi connectivity index (χ1n) is 9.89. The normalized spacial score (nSPS) is 15.4. The van der Waals surface area contributed by atoms with E-state index in [1.807, 2.05) is 25.2 Å². The summed E-state index contributed by atoms with van der Waals surface area (Å²) < 4.78 is 2.14. The molecule has 9 heteroatoms. The fraction of sp³-hybridized carbons (Fsp3) is 0.333. The molecule has 0 aliphatic carbocycles. The van der Waals surface area contributed by atoms with Crippen LogP contribution in [-0.4, -0.2) is 62.9 Å². The number of benzene rings is 2. The van der Waals surface area contributed by atoms with E-state index in [1.54, 1.807) is 12.1 Å². The minimum atomic E-state index is -0.460. The maximum atomic E-state index is 12.3. The molecule has 2 aromatic carbocycles. The number of nitrogens with one attached hydrogen (secondary N) is 1. The lowest BCUT2D eigenvalue weighted by atomic mass is 10.2. The van der Waals surface area contributed by atoms with Gasteiger partial charge < -0.3 is 9.88 Å². The van der Waals surface area contributed by atoms with Crippen molar-refractivity contribution in [2.75, 3.05) is 38.0 Å². The molecule has 2 heterocycles. The lowest BCUT2D eigenvalue weighted by molar-refractivity contribution is -0.384. The van der Waals surface area contributed by atoms with E-state index in [4.69, 9.17) is 4.98 Å². The molecule has 156 valence electrons. The van der Waals surface area contributed by atoms with Crippen LogP contribution in [0.3, 0.4) is 0 Å². The summed E-state index contributed by atoms with van der Waals surface area (Å²) in [6, 6.07) is 14.0. The van der Waals surface area contributed by atoms with Crippen LogP contribution in [0, 0.1) is 10.1 Å². The highest BCUT2D eigenvalue weighted by molar-refractivity contribution is 5.92. The van der Waals surface area contributed by atoms with E-state index >= 15 is 0 Å². The Morgan fingerprint density at radius 1 is 1.07 bits per heavy atom. The first-order valence-corrected chi connectivity index (χ1v) is 9.89. The van der Waals surface area contributed by atoms with Gasteiger partial charge in [0.25, 0.3) is 5.69 Å².